The van der Waals surface area contributed by atoms with Gasteiger partial charge in [-0.15, -0.1) is 0 Å². The van der Waals surface area contributed by atoms with Gasteiger partial charge in [0, 0.05) is 31.0 Å². The molecule has 0 saturated carbocycles. The Morgan fingerprint density at radius 1 is 1.00 bits per heavy atom. The number of carbonyl (C=O) groups excluding carboxylic acids is 1. The van der Waals surface area contributed by atoms with Gasteiger partial charge in [0.2, 0.25) is 0 Å². The second kappa shape index (κ2) is 11.5. The third-order valence-electron chi connectivity index (χ3n) is 5.63. The van der Waals surface area contributed by atoms with Crippen LogP contribution in [0.3, 0.4) is 0 Å². The van der Waals surface area contributed by atoms with Crippen LogP contribution in [0.15, 0.2) is 0 Å². The van der Waals surface area contributed by atoms with Crippen LogP contribution in [0.1, 0.15) is 99.8 Å². The van der Waals surface area contributed by atoms with E-state index in [1.54, 1.807) is 7.11 Å². The van der Waals surface area contributed by atoms with Crippen LogP contribution in [0.4, 0.5) is 4.79 Å². The molecule has 0 amide bonds. The lowest BCUT2D eigenvalue weighted by molar-refractivity contribution is -0.307. The molecule has 29 heavy (non-hydrogen) atoms. The van der Waals surface area contributed by atoms with Crippen LogP contribution in [-0.2, 0) is 19.0 Å². The normalized spacial score (nSPS) is 19.9. The summed E-state index contributed by atoms with van der Waals surface area (Å²) < 4.78 is 16.4. The van der Waals surface area contributed by atoms with Crippen molar-refractivity contribution in [2.75, 3.05) is 20.3 Å². The number of nitrogens with zero attached hydrogens (tertiary/aromatic N) is 1. The molecule has 0 aromatic carbocycles. The zero-order chi connectivity index (χ0) is 22.1. The third-order valence-corrected chi connectivity index (χ3v) is 5.63. The fourth-order valence-corrected chi connectivity index (χ4v) is 4.09. The molecule has 0 atom stereocenters. The summed E-state index contributed by atoms with van der Waals surface area (Å²) in [6.45, 7) is 15.6. The molecule has 6 heteroatoms. The molecule has 1 aliphatic rings. The Labute approximate surface area is 178 Å². The van der Waals surface area contributed by atoms with Gasteiger partial charge in [-0.3, -0.25) is 4.84 Å². The van der Waals surface area contributed by atoms with Crippen molar-refractivity contribution in [1.29, 1.82) is 0 Å². The van der Waals surface area contributed by atoms with E-state index in [0.29, 0.717) is 26.1 Å². The maximum Gasteiger partial charge on any atom is 0.508 e. The van der Waals surface area contributed by atoms with Crippen molar-refractivity contribution in [3.05, 3.63) is 0 Å². The summed E-state index contributed by atoms with van der Waals surface area (Å²) in [4.78, 5) is 18.3. The number of carbonyl (C=O) groups is 1. The van der Waals surface area contributed by atoms with Crippen LogP contribution < -0.4 is 0 Å². The first kappa shape index (κ1) is 26.2. The number of rotatable bonds is 12. The van der Waals surface area contributed by atoms with Gasteiger partial charge in [0.1, 0.15) is 6.10 Å². The van der Waals surface area contributed by atoms with Crippen molar-refractivity contribution in [2.45, 2.75) is 123 Å². The van der Waals surface area contributed by atoms with Crippen LogP contribution in [0.2, 0.25) is 0 Å². The minimum Gasteiger partial charge on any atom is -0.434 e. The van der Waals surface area contributed by atoms with Gasteiger partial charge in [0.25, 0.3) is 0 Å². The van der Waals surface area contributed by atoms with E-state index in [4.69, 9.17) is 19.0 Å². The van der Waals surface area contributed by atoms with E-state index >= 15 is 0 Å². The van der Waals surface area contributed by atoms with Crippen molar-refractivity contribution in [1.82, 2.24) is 5.06 Å². The average Bonchev–Trinajstić information content (AvgIpc) is 2.58. The number of piperidine rings is 1. The van der Waals surface area contributed by atoms with Crippen molar-refractivity contribution in [3.8, 4) is 0 Å². The molecule has 0 aromatic rings. The molecule has 0 N–H and O–H groups in total. The van der Waals surface area contributed by atoms with Gasteiger partial charge in [-0.25, -0.2) is 4.79 Å². The molecule has 172 valence electrons. The standard InChI is InChI=1S/C23H45NO5/c1-9-10-11-12-13-14-15-27-20(25)29-19-16-21(2,3)24(22(4,5)17-19)28-18-23(6,7)26-8/h19H,9-18H2,1-8H3. The molecule has 1 saturated heterocycles. The van der Waals surface area contributed by atoms with Gasteiger partial charge in [-0.1, -0.05) is 39.0 Å². The zero-order valence-electron chi connectivity index (χ0n) is 20.1. The molecular formula is C23H45NO5. The minimum absolute atomic E-state index is 0.188. The molecule has 0 radical (unpaired) electrons. The first-order valence-electron chi connectivity index (χ1n) is 11.3. The molecule has 0 aliphatic carbocycles. The maximum absolute atomic E-state index is 12.1. The van der Waals surface area contributed by atoms with E-state index in [-0.39, 0.29) is 22.8 Å². The highest BCUT2D eigenvalue weighted by Crippen LogP contribution is 2.40. The minimum atomic E-state index is -0.551. The molecule has 1 rings (SSSR count). The number of methoxy groups -OCH3 is 1. The van der Waals surface area contributed by atoms with Gasteiger partial charge >= 0.3 is 6.16 Å². The molecule has 0 spiro atoms. The van der Waals surface area contributed by atoms with Gasteiger partial charge in [-0.2, -0.15) is 5.06 Å². The van der Waals surface area contributed by atoms with Crippen LogP contribution in [0.5, 0.6) is 0 Å². The van der Waals surface area contributed by atoms with E-state index < -0.39 is 6.16 Å². The summed E-state index contributed by atoms with van der Waals surface area (Å²) in [7, 11) is 1.69. The van der Waals surface area contributed by atoms with Gasteiger partial charge in [0.05, 0.1) is 18.8 Å². The van der Waals surface area contributed by atoms with E-state index in [1.807, 2.05) is 18.9 Å². The molecular weight excluding hydrogens is 370 g/mol. The number of ether oxygens (including phenoxy) is 3. The monoisotopic (exact) mass is 415 g/mol. The molecule has 0 aromatic heterocycles. The highest BCUT2D eigenvalue weighted by atomic mass is 16.7. The predicted molar refractivity (Wildman–Crippen MR) is 116 cm³/mol. The van der Waals surface area contributed by atoms with Crippen LogP contribution >= 0.6 is 0 Å². The van der Waals surface area contributed by atoms with Crippen molar-refractivity contribution < 1.29 is 23.8 Å². The molecule has 1 aliphatic heterocycles. The van der Waals surface area contributed by atoms with E-state index in [2.05, 4.69) is 34.6 Å². The Morgan fingerprint density at radius 2 is 1.55 bits per heavy atom. The fraction of sp³-hybridized carbons (Fsp3) is 0.957. The Kier molecular flexibility index (Phi) is 10.4. The SMILES string of the molecule is CCCCCCCCOC(=O)OC1CC(C)(C)N(OCC(C)(C)OC)C(C)(C)C1. The largest absolute Gasteiger partial charge is 0.508 e. The van der Waals surface area contributed by atoms with Crippen LogP contribution in [0, 0.1) is 0 Å². The van der Waals surface area contributed by atoms with E-state index in [9.17, 15) is 4.79 Å². The Balaban J connectivity index is 2.47. The Hall–Kier alpha value is -0.850. The summed E-state index contributed by atoms with van der Waals surface area (Å²) in [5, 5.41) is 2.04. The highest BCUT2D eigenvalue weighted by molar-refractivity contribution is 5.60. The average molecular weight is 416 g/mol. The molecule has 6 nitrogen and oxygen atoms in total. The van der Waals surface area contributed by atoms with Gasteiger partial charge in [0.15, 0.2) is 0 Å². The number of unbranched alkanes of at least 4 members (excludes halogenated alkanes) is 5. The molecule has 1 fully saturated rings. The predicted octanol–water partition coefficient (Wildman–Crippen LogP) is 5.88. The zero-order valence-corrected chi connectivity index (χ0v) is 20.1. The van der Waals surface area contributed by atoms with Crippen LogP contribution in [0.25, 0.3) is 0 Å². The summed E-state index contributed by atoms with van der Waals surface area (Å²) >= 11 is 0. The quantitative estimate of drug-likeness (QED) is 0.293. The topological polar surface area (TPSA) is 57.2 Å². The summed E-state index contributed by atoms with van der Waals surface area (Å²) in [6.07, 6.45) is 7.62. The fourth-order valence-electron chi connectivity index (χ4n) is 4.09. The van der Waals surface area contributed by atoms with Gasteiger partial charge in [-0.05, 0) is 48.0 Å². The first-order valence-corrected chi connectivity index (χ1v) is 11.3. The third kappa shape index (κ3) is 9.22. The smallest absolute Gasteiger partial charge is 0.434 e. The molecule has 1 heterocycles. The second-order valence-corrected chi connectivity index (χ2v) is 10.2. The molecule has 0 unspecified atom stereocenters. The van der Waals surface area contributed by atoms with Crippen molar-refractivity contribution >= 4 is 6.16 Å². The first-order chi connectivity index (χ1) is 13.4. The Morgan fingerprint density at radius 3 is 2.10 bits per heavy atom. The number of hydroxylamine groups is 2. The van der Waals surface area contributed by atoms with E-state index in [1.165, 1.54) is 25.7 Å². The summed E-state index contributed by atoms with van der Waals surface area (Å²) in [5.74, 6) is 0. The van der Waals surface area contributed by atoms with E-state index in [0.717, 1.165) is 12.8 Å². The number of hydrogen-bond acceptors (Lipinski definition) is 6. The second-order valence-electron chi connectivity index (χ2n) is 10.2. The van der Waals surface area contributed by atoms with Crippen LogP contribution in [-0.4, -0.2) is 54.3 Å². The maximum atomic E-state index is 12.1. The highest BCUT2D eigenvalue weighted by Gasteiger charge is 2.48. The lowest BCUT2D eigenvalue weighted by atomic mass is 9.80. The van der Waals surface area contributed by atoms with Crippen molar-refractivity contribution in [3.63, 3.8) is 0 Å². The molecule has 0 bridgehead atoms. The lowest BCUT2D eigenvalue weighted by Gasteiger charge is -2.53. The summed E-state index contributed by atoms with van der Waals surface area (Å²) in [5.41, 5.74) is -0.925. The summed E-state index contributed by atoms with van der Waals surface area (Å²) in [6, 6.07) is 0. The number of hydrogen-bond donors (Lipinski definition) is 0. The van der Waals surface area contributed by atoms with Gasteiger partial charge < -0.3 is 14.2 Å². The lowest BCUT2D eigenvalue weighted by Crippen LogP contribution is -2.62. The Bertz CT molecular complexity index is 472. The van der Waals surface area contributed by atoms with Crippen molar-refractivity contribution in [2.24, 2.45) is 0 Å².